The lowest BCUT2D eigenvalue weighted by molar-refractivity contribution is 1.24. The zero-order valence-corrected chi connectivity index (χ0v) is 9.76. The number of hydrogen-bond donors (Lipinski definition) is 0. The Morgan fingerprint density at radius 3 is 1.25 bits per heavy atom. The molecule has 2 radical (unpaired) electrons. The van der Waals surface area contributed by atoms with Gasteiger partial charge in [0.15, 0.2) is 0 Å². The molecular weight excluding hydrogens is 264 g/mol. The maximum atomic E-state index is 3.71. The lowest BCUT2D eigenvalue weighted by atomic mass is 10.9. The summed E-state index contributed by atoms with van der Waals surface area (Å²) in [5.74, 6) is 0. The number of hydrogen-bond acceptors (Lipinski definition) is 0. The van der Waals surface area contributed by atoms with E-state index in [0.717, 1.165) is 0 Å². The van der Waals surface area contributed by atoms with Crippen LogP contribution in [0.2, 0.25) is 24.2 Å². The molecule has 8 heavy (non-hydrogen) atoms. The molecule has 4 heteroatoms. The van der Waals surface area contributed by atoms with Gasteiger partial charge in [0.05, 0.1) is 0 Å². The van der Waals surface area contributed by atoms with E-state index in [1.165, 1.54) is 24.2 Å². The fourth-order valence-electron chi connectivity index (χ4n) is 0.793. The first-order valence-corrected chi connectivity index (χ1v) is 11.1. The summed E-state index contributed by atoms with van der Waals surface area (Å²) >= 11 is 7.43. The standard InChI is InChI=1S/C4H8Br2Si2/c5-7-1-2-8(6)4-3-7/h1-4H2. The summed E-state index contributed by atoms with van der Waals surface area (Å²) in [7, 11) is -0.0353. The summed E-state index contributed by atoms with van der Waals surface area (Å²) in [6.07, 6.45) is 0. The minimum atomic E-state index is -0.0177. The average Bonchev–Trinajstić information content (AvgIpc) is 1.77. The van der Waals surface area contributed by atoms with Crippen LogP contribution < -0.4 is 0 Å². The van der Waals surface area contributed by atoms with Crippen LogP contribution in [0.3, 0.4) is 0 Å². The number of rotatable bonds is 0. The molecule has 46 valence electrons. The fraction of sp³-hybridized carbons (Fsp3) is 1.00. The Morgan fingerprint density at radius 2 is 1.00 bits per heavy atom. The van der Waals surface area contributed by atoms with Crippen molar-refractivity contribution in [3.05, 3.63) is 0 Å². The van der Waals surface area contributed by atoms with Crippen LogP contribution in [0.25, 0.3) is 0 Å². The van der Waals surface area contributed by atoms with Crippen molar-refractivity contribution in [2.75, 3.05) is 0 Å². The van der Waals surface area contributed by atoms with Crippen molar-refractivity contribution < 1.29 is 0 Å². The second-order valence-electron chi connectivity index (χ2n) is 2.03. The van der Waals surface area contributed by atoms with E-state index in [1.807, 2.05) is 0 Å². The third-order valence-corrected chi connectivity index (χ3v) is 10.3. The number of halogens is 2. The van der Waals surface area contributed by atoms with E-state index in [9.17, 15) is 0 Å². The second kappa shape index (κ2) is 3.53. The maximum Gasteiger partial charge on any atom is 0.134 e. The molecule has 1 rings (SSSR count). The van der Waals surface area contributed by atoms with Gasteiger partial charge in [-0.25, -0.2) is 0 Å². The average molecular weight is 272 g/mol. The van der Waals surface area contributed by atoms with E-state index in [0.29, 0.717) is 0 Å². The van der Waals surface area contributed by atoms with Crippen LogP contribution in [0.4, 0.5) is 0 Å². The first kappa shape index (κ1) is 7.50. The van der Waals surface area contributed by atoms with Gasteiger partial charge in [-0.3, -0.25) is 0 Å². The predicted molar refractivity (Wildman–Crippen MR) is 48.6 cm³/mol. The van der Waals surface area contributed by atoms with Crippen molar-refractivity contribution in [2.45, 2.75) is 24.2 Å². The lowest BCUT2D eigenvalue weighted by Gasteiger charge is -2.16. The summed E-state index contributed by atoms with van der Waals surface area (Å²) < 4.78 is 0. The van der Waals surface area contributed by atoms with E-state index in [4.69, 9.17) is 0 Å². The minimum absolute atomic E-state index is 0.0177. The molecule has 0 bridgehead atoms. The molecule has 0 spiro atoms. The molecule has 0 amide bonds. The molecule has 0 nitrogen and oxygen atoms in total. The Hall–Kier alpha value is 1.39. The quantitative estimate of drug-likeness (QED) is 0.470. The molecule has 0 aromatic heterocycles. The highest BCUT2D eigenvalue weighted by atomic mass is 79.9. The molecule has 0 atom stereocenters. The lowest BCUT2D eigenvalue weighted by Crippen LogP contribution is -2.16. The van der Waals surface area contributed by atoms with Crippen molar-refractivity contribution in [2.24, 2.45) is 0 Å². The van der Waals surface area contributed by atoms with Gasteiger partial charge in [-0.15, -0.1) is 30.6 Å². The summed E-state index contributed by atoms with van der Waals surface area (Å²) in [6, 6.07) is 5.96. The van der Waals surface area contributed by atoms with Crippen LogP contribution in [-0.4, -0.2) is 14.8 Å². The van der Waals surface area contributed by atoms with Gasteiger partial charge in [0.1, 0.15) is 14.8 Å². The highest BCUT2D eigenvalue weighted by Crippen LogP contribution is 2.26. The van der Waals surface area contributed by atoms with E-state index < -0.39 is 0 Å². The van der Waals surface area contributed by atoms with E-state index in [1.54, 1.807) is 0 Å². The summed E-state index contributed by atoms with van der Waals surface area (Å²) in [6.45, 7) is 0. The van der Waals surface area contributed by atoms with Crippen LogP contribution in [0.1, 0.15) is 0 Å². The third kappa shape index (κ3) is 2.33. The second-order valence-corrected chi connectivity index (χ2v) is 12.8. The predicted octanol–water partition coefficient (Wildman–Crippen LogP) is 2.77. The van der Waals surface area contributed by atoms with Gasteiger partial charge < -0.3 is 0 Å². The van der Waals surface area contributed by atoms with Crippen molar-refractivity contribution in [3.63, 3.8) is 0 Å². The van der Waals surface area contributed by atoms with E-state index in [-0.39, 0.29) is 14.8 Å². The summed E-state index contributed by atoms with van der Waals surface area (Å²) in [4.78, 5) is 0. The first-order chi connectivity index (χ1) is 3.79. The molecule has 0 N–H and O–H groups in total. The Balaban J connectivity index is 2.19. The molecule has 1 saturated heterocycles. The summed E-state index contributed by atoms with van der Waals surface area (Å²) in [5.41, 5.74) is 0. The smallest absolute Gasteiger partial charge is 0.129 e. The molecule has 1 heterocycles. The SMILES string of the molecule is Br[Si]1CC[Si](Br)CC1. The molecular formula is C4H8Br2Si2. The van der Waals surface area contributed by atoms with Crippen LogP contribution in [0.15, 0.2) is 0 Å². The zero-order valence-electron chi connectivity index (χ0n) is 4.58. The highest BCUT2D eigenvalue weighted by molar-refractivity contribution is 9.25. The van der Waals surface area contributed by atoms with E-state index in [2.05, 4.69) is 30.6 Å². The van der Waals surface area contributed by atoms with Gasteiger partial charge in [-0.1, -0.05) is 24.2 Å². The summed E-state index contributed by atoms with van der Waals surface area (Å²) in [5, 5.41) is 0. The van der Waals surface area contributed by atoms with Crippen molar-refractivity contribution in [1.82, 2.24) is 0 Å². The van der Waals surface area contributed by atoms with Crippen molar-refractivity contribution >= 4 is 45.4 Å². The van der Waals surface area contributed by atoms with E-state index >= 15 is 0 Å². The normalized spacial score (nSPS) is 26.2. The van der Waals surface area contributed by atoms with Crippen molar-refractivity contribution in [3.8, 4) is 0 Å². The molecule has 1 aliphatic heterocycles. The Morgan fingerprint density at radius 1 is 0.750 bits per heavy atom. The van der Waals surface area contributed by atoms with Gasteiger partial charge in [0.2, 0.25) is 0 Å². The van der Waals surface area contributed by atoms with Crippen LogP contribution >= 0.6 is 30.6 Å². The van der Waals surface area contributed by atoms with Gasteiger partial charge >= 0.3 is 0 Å². The monoisotopic (exact) mass is 270 g/mol. The first-order valence-electron chi connectivity index (χ1n) is 2.79. The topological polar surface area (TPSA) is 0 Å². The van der Waals surface area contributed by atoms with Gasteiger partial charge in [-0.05, 0) is 0 Å². The highest BCUT2D eigenvalue weighted by Gasteiger charge is 2.19. The molecule has 0 aliphatic carbocycles. The molecule has 1 fully saturated rings. The minimum Gasteiger partial charge on any atom is -0.129 e. The zero-order chi connectivity index (χ0) is 5.98. The van der Waals surface area contributed by atoms with Crippen molar-refractivity contribution in [1.29, 1.82) is 0 Å². The Bertz CT molecular complexity index is 60.4. The van der Waals surface area contributed by atoms with Gasteiger partial charge in [0.25, 0.3) is 0 Å². The van der Waals surface area contributed by atoms with Crippen LogP contribution in [0, 0.1) is 0 Å². The fourth-order valence-corrected chi connectivity index (χ4v) is 12.8. The molecule has 0 aromatic carbocycles. The largest absolute Gasteiger partial charge is 0.134 e. The molecule has 0 aromatic rings. The maximum absolute atomic E-state index is 3.71. The van der Waals surface area contributed by atoms with Gasteiger partial charge in [0, 0.05) is 0 Å². The van der Waals surface area contributed by atoms with Gasteiger partial charge in [-0.2, -0.15) is 0 Å². The Kier molecular flexibility index (Phi) is 3.31. The molecule has 0 unspecified atom stereocenters. The third-order valence-electron chi connectivity index (χ3n) is 1.34. The van der Waals surface area contributed by atoms with Crippen LogP contribution in [-0.2, 0) is 0 Å². The molecule has 0 saturated carbocycles. The Labute approximate surface area is 69.4 Å². The van der Waals surface area contributed by atoms with Crippen LogP contribution in [0.5, 0.6) is 0 Å². The molecule has 1 aliphatic rings.